The van der Waals surface area contributed by atoms with Crippen LogP contribution in [0.2, 0.25) is 0 Å². The second kappa shape index (κ2) is 5.12. The van der Waals surface area contributed by atoms with Gasteiger partial charge in [0.2, 0.25) is 0 Å². The average Bonchev–Trinajstić information content (AvgIpc) is 2.29. The second-order valence-electron chi connectivity index (χ2n) is 3.93. The molecular formula is C13H12BrNO2S. The molecule has 3 nitrogen and oxygen atoms in total. The average molecular weight is 326 g/mol. The molecule has 0 aliphatic carbocycles. The molecule has 0 bridgehead atoms. The van der Waals surface area contributed by atoms with Crippen LogP contribution in [0, 0.1) is 0 Å². The first-order valence-corrected chi connectivity index (χ1v) is 7.75. The monoisotopic (exact) mass is 325 g/mol. The van der Waals surface area contributed by atoms with Crippen LogP contribution in [0.15, 0.2) is 57.9 Å². The first kappa shape index (κ1) is 13.1. The summed E-state index contributed by atoms with van der Waals surface area (Å²) in [4.78, 5) is 0.176. The highest BCUT2D eigenvalue weighted by atomic mass is 79.9. The summed E-state index contributed by atoms with van der Waals surface area (Å²) in [7, 11) is -3.41. The fraction of sp³-hybridized carbons (Fsp3) is 0.0769. The number of hydrogen-bond donors (Lipinski definition) is 1. The molecule has 18 heavy (non-hydrogen) atoms. The minimum Gasteiger partial charge on any atom is -0.398 e. The summed E-state index contributed by atoms with van der Waals surface area (Å²) in [6.07, 6.45) is 0. The zero-order chi connectivity index (χ0) is 13.2. The summed E-state index contributed by atoms with van der Waals surface area (Å²) in [6.45, 7) is 0. The van der Waals surface area contributed by atoms with Gasteiger partial charge in [0.05, 0.1) is 16.3 Å². The highest BCUT2D eigenvalue weighted by Gasteiger charge is 2.18. The van der Waals surface area contributed by atoms with Crippen LogP contribution in [0.25, 0.3) is 0 Å². The van der Waals surface area contributed by atoms with E-state index in [1.165, 1.54) is 6.07 Å². The van der Waals surface area contributed by atoms with Gasteiger partial charge in [-0.2, -0.15) is 0 Å². The van der Waals surface area contributed by atoms with E-state index >= 15 is 0 Å². The molecule has 0 atom stereocenters. The molecule has 2 aromatic rings. The van der Waals surface area contributed by atoms with E-state index in [-0.39, 0.29) is 16.3 Å². The first-order chi connectivity index (χ1) is 8.49. The van der Waals surface area contributed by atoms with Gasteiger partial charge >= 0.3 is 0 Å². The van der Waals surface area contributed by atoms with Crippen molar-refractivity contribution < 1.29 is 8.42 Å². The lowest BCUT2D eigenvalue weighted by atomic mass is 10.2. The Hall–Kier alpha value is -1.33. The third-order valence-electron chi connectivity index (χ3n) is 2.51. The quantitative estimate of drug-likeness (QED) is 0.882. The molecule has 0 aliphatic rings. The third kappa shape index (κ3) is 2.91. The van der Waals surface area contributed by atoms with Crippen LogP contribution in [0.4, 0.5) is 5.69 Å². The van der Waals surface area contributed by atoms with E-state index in [9.17, 15) is 8.42 Å². The molecular weight excluding hydrogens is 314 g/mol. The Morgan fingerprint density at radius 2 is 1.72 bits per heavy atom. The molecule has 0 aromatic heterocycles. The number of halogens is 1. The van der Waals surface area contributed by atoms with Crippen LogP contribution in [-0.4, -0.2) is 8.42 Å². The summed E-state index contributed by atoms with van der Waals surface area (Å²) in [5, 5.41) is 0. The SMILES string of the molecule is Nc1cc(Br)ccc1S(=O)(=O)Cc1ccccc1. The van der Waals surface area contributed by atoms with Gasteiger partial charge in [-0.25, -0.2) is 8.42 Å². The van der Waals surface area contributed by atoms with Crippen LogP contribution in [0.5, 0.6) is 0 Å². The molecule has 2 N–H and O–H groups in total. The lowest BCUT2D eigenvalue weighted by Gasteiger charge is -2.08. The molecule has 0 saturated carbocycles. The number of rotatable bonds is 3. The van der Waals surface area contributed by atoms with Crippen LogP contribution >= 0.6 is 15.9 Å². The topological polar surface area (TPSA) is 60.2 Å². The standard InChI is InChI=1S/C13H12BrNO2S/c14-11-6-7-13(12(15)8-11)18(16,17)9-10-4-2-1-3-5-10/h1-8H,9,15H2. The first-order valence-electron chi connectivity index (χ1n) is 5.31. The van der Waals surface area contributed by atoms with E-state index in [2.05, 4.69) is 15.9 Å². The largest absolute Gasteiger partial charge is 0.398 e. The zero-order valence-electron chi connectivity index (χ0n) is 9.51. The molecule has 2 aromatic carbocycles. The van der Waals surface area contributed by atoms with Gasteiger partial charge in [-0.1, -0.05) is 46.3 Å². The maximum absolute atomic E-state index is 12.2. The van der Waals surface area contributed by atoms with Crippen molar-refractivity contribution in [3.63, 3.8) is 0 Å². The fourth-order valence-corrected chi connectivity index (χ4v) is 3.53. The number of nitrogens with two attached hydrogens (primary N) is 1. The van der Waals surface area contributed by atoms with Gasteiger partial charge in [-0.15, -0.1) is 0 Å². The highest BCUT2D eigenvalue weighted by Crippen LogP contribution is 2.25. The van der Waals surface area contributed by atoms with Gasteiger partial charge < -0.3 is 5.73 Å². The molecule has 94 valence electrons. The molecule has 0 unspecified atom stereocenters. The Kier molecular flexibility index (Phi) is 3.73. The summed E-state index contributed by atoms with van der Waals surface area (Å²) in [5.74, 6) is -0.0420. The van der Waals surface area contributed by atoms with E-state index in [1.54, 1.807) is 24.3 Å². The van der Waals surface area contributed by atoms with E-state index < -0.39 is 9.84 Å². The molecule has 2 rings (SSSR count). The molecule has 0 saturated heterocycles. The van der Waals surface area contributed by atoms with Gasteiger partial charge in [0, 0.05) is 4.47 Å². The van der Waals surface area contributed by atoms with E-state index in [0.717, 1.165) is 10.0 Å². The number of benzene rings is 2. The van der Waals surface area contributed by atoms with Gasteiger partial charge in [-0.05, 0) is 23.8 Å². The summed E-state index contributed by atoms with van der Waals surface area (Å²) in [6, 6.07) is 13.8. The molecule has 0 aliphatic heterocycles. The van der Waals surface area contributed by atoms with Crippen LogP contribution in [-0.2, 0) is 15.6 Å². The Morgan fingerprint density at radius 3 is 2.33 bits per heavy atom. The van der Waals surface area contributed by atoms with Crippen molar-refractivity contribution in [3.8, 4) is 0 Å². The molecule has 5 heteroatoms. The Balaban J connectivity index is 2.37. The minimum atomic E-state index is -3.41. The molecule has 0 amide bonds. The minimum absolute atomic E-state index is 0.0420. The van der Waals surface area contributed by atoms with E-state index in [0.29, 0.717) is 0 Å². The van der Waals surface area contributed by atoms with E-state index in [4.69, 9.17) is 5.73 Å². The normalized spacial score (nSPS) is 11.4. The van der Waals surface area contributed by atoms with Gasteiger partial charge in [0.25, 0.3) is 0 Å². The molecule has 0 fully saturated rings. The second-order valence-corrected chi connectivity index (χ2v) is 6.80. The van der Waals surface area contributed by atoms with Crippen molar-refractivity contribution in [3.05, 3.63) is 58.6 Å². The van der Waals surface area contributed by atoms with Crippen LogP contribution in [0.3, 0.4) is 0 Å². The third-order valence-corrected chi connectivity index (χ3v) is 4.75. The fourth-order valence-electron chi connectivity index (χ4n) is 1.67. The van der Waals surface area contributed by atoms with Gasteiger partial charge in [-0.3, -0.25) is 0 Å². The van der Waals surface area contributed by atoms with Crippen molar-refractivity contribution in [2.45, 2.75) is 10.6 Å². The van der Waals surface area contributed by atoms with Gasteiger partial charge in [0.15, 0.2) is 9.84 Å². The molecule has 0 heterocycles. The molecule has 0 radical (unpaired) electrons. The Labute approximate surface area is 115 Å². The maximum Gasteiger partial charge on any atom is 0.184 e. The summed E-state index contributed by atoms with van der Waals surface area (Å²) in [5.41, 5.74) is 6.77. The maximum atomic E-state index is 12.2. The van der Waals surface area contributed by atoms with Gasteiger partial charge in [0.1, 0.15) is 0 Å². The van der Waals surface area contributed by atoms with Crippen molar-refractivity contribution in [2.75, 3.05) is 5.73 Å². The summed E-state index contributed by atoms with van der Waals surface area (Å²) < 4.78 is 25.2. The number of anilines is 1. The smallest absolute Gasteiger partial charge is 0.184 e. The number of nitrogen functional groups attached to an aromatic ring is 1. The number of sulfone groups is 1. The lowest BCUT2D eigenvalue weighted by molar-refractivity contribution is 0.595. The zero-order valence-corrected chi connectivity index (χ0v) is 11.9. The van der Waals surface area contributed by atoms with E-state index in [1.807, 2.05) is 18.2 Å². The predicted octanol–water partition coefficient (Wildman–Crippen LogP) is 3.01. The van der Waals surface area contributed by atoms with Crippen molar-refractivity contribution in [2.24, 2.45) is 0 Å². The molecule has 0 spiro atoms. The van der Waals surface area contributed by atoms with Crippen LogP contribution < -0.4 is 5.73 Å². The Morgan fingerprint density at radius 1 is 1.06 bits per heavy atom. The van der Waals surface area contributed by atoms with Crippen LogP contribution in [0.1, 0.15) is 5.56 Å². The summed E-state index contributed by atoms with van der Waals surface area (Å²) >= 11 is 3.26. The van der Waals surface area contributed by atoms with Crippen molar-refractivity contribution in [1.82, 2.24) is 0 Å². The van der Waals surface area contributed by atoms with Crippen molar-refractivity contribution in [1.29, 1.82) is 0 Å². The highest BCUT2D eigenvalue weighted by molar-refractivity contribution is 9.10. The lowest BCUT2D eigenvalue weighted by Crippen LogP contribution is -2.07. The number of hydrogen-bond acceptors (Lipinski definition) is 3. The van der Waals surface area contributed by atoms with Crippen molar-refractivity contribution >= 4 is 31.5 Å². The Bertz CT molecular complexity index is 654. The predicted molar refractivity (Wildman–Crippen MR) is 75.9 cm³/mol.